The molecule has 0 aliphatic carbocycles. The van der Waals surface area contributed by atoms with Crippen LogP contribution in [0.3, 0.4) is 0 Å². The van der Waals surface area contributed by atoms with E-state index in [1.165, 1.54) is 6.92 Å². The van der Waals surface area contributed by atoms with Crippen molar-refractivity contribution in [2.24, 2.45) is 0 Å². The van der Waals surface area contributed by atoms with Gasteiger partial charge in [0.15, 0.2) is 0 Å². The lowest BCUT2D eigenvalue weighted by Crippen LogP contribution is -2.26. The molecule has 0 heterocycles. The minimum Gasteiger partial charge on any atom is -0.478 e. The molecule has 0 atom stereocenters. The molecule has 3 N–H and O–H groups in total. The molecule has 6 nitrogen and oxygen atoms in total. The van der Waals surface area contributed by atoms with Crippen molar-refractivity contribution in [2.45, 2.75) is 18.2 Å². The number of hydrogen-bond donors (Lipinski definition) is 3. The molecule has 0 unspecified atom stereocenters. The number of nitrogens with one attached hydrogen (secondary N) is 1. The Morgan fingerprint density at radius 1 is 1.42 bits per heavy atom. The molecule has 0 radical (unpaired) electrons. The molecule has 0 saturated carbocycles. The molecule has 0 aliphatic heterocycles. The first kappa shape index (κ1) is 15.5. The van der Waals surface area contributed by atoms with Crippen LogP contribution in [0, 0.1) is 12.7 Å². The summed E-state index contributed by atoms with van der Waals surface area (Å²) in [6, 6.07) is 1.83. The number of sulfonamides is 1. The lowest BCUT2D eigenvalue weighted by Gasteiger charge is -2.09. The number of benzene rings is 1. The molecule has 1 rings (SSSR count). The molecule has 0 spiro atoms. The summed E-state index contributed by atoms with van der Waals surface area (Å²) in [5.74, 6) is -2.49. The number of aliphatic hydroxyl groups excluding tert-OH is 1. The van der Waals surface area contributed by atoms with E-state index in [-0.39, 0.29) is 30.0 Å². The predicted octanol–water partition coefficient (Wildman–Crippen LogP) is 0.493. The number of rotatable bonds is 6. The van der Waals surface area contributed by atoms with Gasteiger partial charge in [0, 0.05) is 13.2 Å². The van der Waals surface area contributed by atoms with Crippen molar-refractivity contribution in [2.75, 3.05) is 13.2 Å². The summed E-state index contributed by atoms with van der Waals surface area (Å²) >= 11 is 0. The van der Waals surface area contributed by atoms with Gasteiger partial charge < -0.3 is 10.2 Å². The van der Waals surface area contributed by atoms with Crippen LogP contribution in [0.25, 0.3) is 0 Å². The van der Waals surface area contributed by atoms with E-state index in [0.717, 1.165) is 12.1 Å². The second-order valence-corrected chi connectivity index (χ2v) is 5.65. The molecule has 0 amide bonds. The highest BCUT2D eigenvalue weighted by molar-refractivity contribution is 7.89. The van der Waals surface area contributed by atoms with E-state index >= 15 is 0 Å². The molecule has 0 saturated heterocycles. The zero-order chi connectivity index (χ0) is 14.6. The Balaban J connectivity index is 3.17. The Labute approximate surface area is 109 Å². The van der Waals surface area contributed by atoms with Crippen LogP contribution < -0.4 is 4.72 Å². The van der Waals surface area contributed by atoms with E-state index in [1.807, 2.05) is 0 Å². The molecule has 1 aromatic carbocycles. The van der Waals surface area contributed by atoms with Gasteiger partial charge in [-0.3, -0.25) is 0 Å². The van der Waals surface area contributed by atoms with Gasteiger partial charge in [-0.05, 0) is 31.0 Å². The largest absolute Gasteiger partial charge is 0.478 e. The third-order valence-electron chi connectivity index (χ3n) is 2.40. The first-order chi connectivity index (χ1) is 8.79. The van der Waals surface area contributed by atoms with Crippen LogP contribution >= 0.6 is 0 Å². The number of halogens is 1. The van der Waals surface area contributed by atoms with Crippen LogP contribution in [-0.4, -0.2) is 37.8 Å². The van der Waals surface area contributed by atoms with Gasteiger partial charge in [-0.1, -0.05) is 0 Å². The van der Waals surface area contributed by atoms with E-state index in [0.29, 0.717) is 0 Å². The van der Waals surface area contributed by atoms with Gasteiger partial charge in [-0.25, -0.2) is 22.3 Å². The van der Waals surface area contributed by atoms with Crippen molar-refractivity contribution in [1.82, 2.24) is 4.72 Å². The van der Waals surface area contributed by atoms with E-state index in [4.69, 9.17) is 10.2 Å². The van der Waals surface area contributed by atoms with E-state index in [1.54, 1.807) is 0 Å². The van der Waals surface area contributed by atoms with Crippen LogP contribution in [-0.2, 0) is 10.0 Å². The summed E-state index contributed by atoms with van der Waals surface area (Å²) in [6.07, 6.45) is 0.227. The molecule has 0 aromatic heterocycles. The molecular formula is C11H14FNO5S. The van der Waals surface area contributed by atoms with Gasteiger partial charge in [0.2, 0.25) is 10.0 Å². The average Bonchev–Trinajstić information content (AvgIpc) is 2.32. The smallest absolute Gasteiger partial charge is 0.338 e. The van der Waals surface area contributed by atoms with Gasteiger partial charge in [0.1, 0.15) is 5.82 Å². The minimum atomic E-state index is -3.92. The monoisotopic (exact) mass is 291 g/mol. The number of hydrogen-bond acceptors (Lipinski definition) is 4. The maximum absolute atomic E-state index is 13.5. The van der Waals surface area contributed by atoms with Crippen molar-refractivity contribution >= 4 is 16.0 Å². The lowest BCUT2D eigenvalue weighted by atomic mass is 10.1. The van der Waals surface area contributed by atoms with Crippen molar-refractivity contribution in [3.63, 3.8) is 0 Å². The quantitative estimate of drug-likeness (QED) is 0.662. The summed E-state index contributed by atoms with van der Waals surface area (Å²) in [7, 11) is -3.92. The van der Waals surface area contributed by atoms with Gasteiger partial charge in [0.25, 0.3) is 0 Å². The Hall–Kier alpha value is -1.51. The van der Waals surface area contributed by atoms with Gasteiger partial charge in [-0.2, -0.15) is 0 Å². The fourth-order valence-corrected chi connectivity index (χ4v) is 2.60. The number of carbonyl (C=O) groups is 1. The average molecular weight is 291 g/mol. The fraction of sp³-hybridized carbons (Fsp3) is 0.364. The Bertz CT molecular complexity index is 585. The predicted molar refractivity (Wildman–Crippen MR) is 65.0 cm³/mol. The SMILES string of the molecule is Cc1cc(S(=O)(=O)NCCCO)cc(C(=O)O)c1F. The summed E-state index contributed by atoms with van der Waals surface area (Å²) in [6.45, 7) is 1.12. The maximum Gasteiger partial charge on any atom is 0.338 e. The summed E-state index contributed by atoms with van der Waals surface area (Å²) < 4.78 is 39.4. The van der Waals surface area contributed by atoms with Crippen molar-refractivity contribution in [1.29, 1.82) is 0 Å². The van der Waals surface area contributed by atoms with Crippen LogP contribution in [0.15, 0.2) is 17.0 Å². The van der Waals surface area contributed by atoms with Crippen LogP contribution in [0.2, 0.25) is 0 Å². The van der Waals surface area contributed by atoms with E-state index < -0.39 is 27.4 Å². The van der Waals surface area contributed by atoms with Crippen LogP contribution in [0.4, 0.5) is 4.39 Å². The highest BCUT2D eigenvalue weighted by Gasteiger charge is 2.20. The number of carboxylic acid groups (broad SMARTS) is 1. The Morgan fingerprint density at radius 3 is 2.58 bits per heavy atom. The van der Waals surface area contributed by atoms with Gasteiger partial charge >= 0.3 is 5.97 Å². The van der Waals surface area contributed by atoms with Crippen molar-refractivity contribution < 1.29 is 27.8 Å². The molecule has 0 aliphatic rings. The third-order valence-corrected chi connectivity index (χ3v) is 3.84. The standard InChI is InChI=1S/C11H14FNO5S/c1-7-5-8(6-9(10(7)12)11(15)16)19(17,18)13-3-2-4-14/h5-6,13-14H,2-4H2,1H3,(H,15,16). The van der Waals surface area contributed by atoms with Crippen molar-refractivity contribution in [3.05, 3.63) is 29.1 Å². The number of aliphatic hydroxyl groups is 1. The zero-order valence-electron chi connectivity index (χ0n) is 10.2. The summed E-state index contributed by atoms with van der Waals surface area (Å²) in [5.41, 5.74) is -0.759. The van der Waals surface area contributed by atoms with Gasteiger partial charge in [-0.15, -0.1) is 0 Å². The number of aromatic carboxylic acids is 1. The molecule has 19 heavy (non-hydrogen) atoms. The molecule has 0 fully saturated rings. The first-order valence-corrected chi connectivity index (χ1v) is 6.92. The third kappa shape index (κ3) is 3.72. The molecule has 0 bridgehead atoms. The number of carboxylic acids is 1. The van der Waals surface area contributed by atoms with Gasteiger partial charge in [0.05, 0.1) is 10.5 Å². The fourth-order valence-electron chi connectivity index (χ4n) is 1.42. The maximum atomic E-state index is 13.5. The van der Waals surface area contributed by atoms with Crippen LogP contribution in [0.1, 0.15) is 22.3 Å². The van der Waals surface area contributed by atoms with Crippen LogP contribution in [0.5, 0.6) is 0 Å². The first-order valence-electron chi connectivity index (χ1n) is 5.43. The highest BCUT2D eigenvalue weighted by Crippen LogP contribution is 2.19. The Kier molecular flexibility index (Phi) is 4.98. The molecular weight excluding hydrogens is 277 g/mol. The molecule has 8 heteroatoms. The summed E-state index contributed by atoms with van der Waals surface area (Å²) in [5, 5.41) is 17.4. The zero-order valence-corrected chi connectivity index (χ0v) is 11.0. The minimum absolute atomic E-state index is 0.0116. The second-order valence-electron chi connectivity index (χ2n) is 3.88. The second kappa shape index (κ2) is 6.09. The molecule has 106 valence electrons. The van der Waals surface area contributed by atoms with E-state index in [9.17, 15) is 17.6 Å². The normalized spacial score (nSPS) is 11.5. The Morgan fingerprint density at radius 2 is 2.05 bits per heavy atom. The molecule has 1 aromatic rings. The van der Waals surface area contributed by atoms with Crippen molar-refractivity contribution in [3.8, 4) is 0 Å². The highest BCUT2D eigenvalue weighted by atomic mass is 32.2. The topological polar surface area (TPSA) is 104 Å². The van der Waals surface area contributed by atoms with E-state index in [2.05, 4.69) is 4.72 Å². The number of aryl methyl sites for hydroxylation is 1. The lowest BCUT2D eigenvalue weighted by molar-refractivity contribution is 0.0691. The summed E-state index contributed by atoms with van der Waals surface area (Å²) in [4.78, 5) is 10.5.